The van der Waals surface area contributed by atoms with Gasteiger partial charge in [0.15, 0.2) is 0 Å². The van der Waals surface area contributed by atoms with Gasteiger partial charge in [0, 0.05) is 42.9 Å². The number of hydrogen-bond acceptors (Lipinski definition) is 3. The van der Waals surface area contributed by atoms with Crippen LogP contribution in [0.4, 0.5) is 4.39 Å². The van der Waals surface area contributed by atoms with Crippen LogP contribution in [-0.4, -0.2) is 33.9 Å². The average Bonchev–Trinajstić information content (AvgIpc) is 3.23. The summed E-state index contributed by atoms with van der Waals surface area (Å²) in [5, 5.41) is 0. The van der Waals surface area contributed by atoms with Gasteiger partial charge in [-0.3, -0.25) is 14.8 Å². The van der Waals surface area contributed by atoms with Crippen molar-refractivity contribution in [2.75, 3.05) is 13.1 Å². The van der Waals surface area contributed by atoms with E-state index in [1.165, 1.54) is 25.0 Å². The minimum atomic E-state index is -0.259. The smallest absolute Gasteiger partial charge is 0.225 e. The predicted octanol–water partition coefficient (Wildman–Crippen LogP) is 4.18. The van der Waals surface area contributed by atoms with Crippen molar-refractivity contribution >= 4 is 5.91 Å². The van der Waals surface area contributed by atoms with Crippen molar-refractivity contribution in [2.45, 2.75) is 44.4 Å². The second-order valence-corrected chi connectivity index (χ2v) is 7.40. The zero-order valence-corrected chi connectivity index (χ0v) is 14.9. The fourth-order valence-electron chi connectivity index (χ4n) is 4.31. The Labute approximate surface area is 153 Å². The summed E-state index contributed by atoms with van der Waals surface area (Å²) in [5.74, 6) is 0.458. The molecule has 4 rings (SSSR count). The normalized spacial score (nSPS) is 21.1. The molecule has 4 nitrogen and oxygen atoms in total. The third kappa shape index (κ3) is 3.48. The van der Waals surface area contributed by atoms with E-state index < -0.39 is 0 Å². The molecular weight excluding hydrogens is 329 g/mol. The summed E-state index contributed by atoms with van der Waals surface area (Å²) in [7, 11) is 0. The summed E-state index contributed by atoms with van der Waals surface area (Å²) in [6.45, 7) is 1.56. The average molecular weight is 353 g/mol. The van der Waals surface area contributed by atoms with Crippen LogP contribution in [0.5, 0.6) is 0 Å². The van der Waals surface area contributed by atoms with Crippen molar-refractivity contribution in [1.29, 1.82) is 0 Å². The van der Waals surface area contributed by atoms with Gasteiger partial charge >= 0.3 is 0 Å². The molecule has 1 aromatic carbocycles. The number of piperidine rings is 1. The van der Waals surface area contributed by atoms with Gasteiger partial charge in [0.25, 0.3) is 0 Å². The van der Waals surface area contributed by atoms with Crippen molar-refractivity contribution in [1.82, 2.24) is 14.9 Å². The maximum Gasteiger partial charge on any atom is 0.225 e. The molecule has 1 aliphatic heterocycles. The molecule has 5 heteroatoms. The van der Waals surface area contributed by atoms with Crippen LogP contribution in [0.2, 0.25) is 0 Å². The second kappa shape index (κ2) is 7.52. The van der Waals surface area contributed by atoms with Gasteiger partial charge in [-0.2, -0.15) is 0 Å². The molecule has 1 amide bonds. The lowest BCUT2D eigenvalue weighted by atomic mass is 9.90. The van der Waals surface area contributed by atoms with Gasteiger partial charge in [0.2, 0.25) is 5.91 Å². The Kier molecular flexibility index (Phi) is 4.96. The van der Waals surface area contributed by atoms with E-state index in [2.05, 4.69) is 9.97 Å². The number of rotatable bonds is 3. The lowest BCUT2D eigenvalue weighted by Crippen LogP contribution is -2.42. The molecule has 1 unspecified atom stereocenters. The highest BCUT2D eigenvalue weighted by molar-refractivity contribution is 5.79. The Morgan fingerprint density at radius 2 is 1.73 bits per heavy atom. The van der Waals surface area contributed by atoms with Crippen LogP contribution in [0.3, 0.4) is 0 Å². The van der Waals surface area contributed by atoms with Crippen LogP contribution >= 0.6 is 0 Å². The Morgan fingerprint density at radius 3 is 2.50 bits per heavy atom. The number of hydrogen-bond donors (Lipinski definition) is 0. The highest BCUT2D eigenvalue weighted by atomic mass is 19.1. The Hall–Kier alpha value is -2.30. The number of carbonyl (C=O) groups excluding carboxylic acids is 1. The van der Waals surface area contributed by atoms with Gasteiger partial charge in [0.05, 0.1) is 11.4 Å². The fraction of sp³-hybridized carbons (Fsp3) is 0.476. The van der Waals surface area contributed by atoms with Crippen LogP contribution in [0.15, 0.2) is 36.7 Å². The zero-order chi connectivity index (χ0) is 17.9. The number of benzene rings is 1. The fourth-order valence-corrected chi connectivity index (χ4v) is 4.31. The van der Waals surface area contributed by atoms with Crippen LogP contribution in [0, 0.1) is 11.7 Å². The van der Waals surface area contributed by atoms with Gasteiger partial charge < -0.3 is 4.90 Å². The molecule has 0 spiro atoms. The SMILES string of the molecule is O=C(C1CCCC1)N1CCCC(c2nccnc2-c2ccc(F)cc2)C1. The number of amides is 1. The summed E-state index contributed by atoms with van der Waals surface area (Å²) in [6.07, 6.45) is 9.79. The molecule has 2 fully saturated rings. The van der Waals surface area contributed by atoms with Crippen molar-refractivity contribution in [3.63, 3.8) is 0 Å². The Bertz CT molecular complexity index is 771. The number of carbonyl (C=O) groups is 1. The number of nitrogens with zero attached hydrogens (tertiary/aromatic N) is 3. The molecule has 1 saturated carbocycles. The second-order valence-electron chi connectivity index (χ2n) is 7.40. The van der Waals surface area contributed by atoms with E-state index in [0.717, 1.165) is 49.2 Å². The first kappa shape index (κ1) is 17.1. The van der Waals surface area contributed by atoms with Gasteiger partial charge in [-0.15, -0.1) is 0 Å². The Balaban J connectivity index is 1.57. The van der Waals surface area contributed by atoms with E-state index in [1.54, 1.807) is 24.5 Å². The number of halogens is 1. The summed E-state index contributed by atoms with van der Waals surface area (Å²) < 4.78 is 13.3. The summed E-state index contributed by atoms with van der Waals surface area (Å²) in [6, 6.07) is 6.38. The molecule has 1 atom stereocenters. The molecule has 0 N–H and O–H groups in total. The quantitative estimate of drug-likeness (QED) is 0.832. The zero-order valence-electron chi connectivity index (χ0n) is 14.9. The van der Waals surface area contributed by atoms with Gasteiger partial charge in [-0.1, -0.05) is 12.8 Å². The van der Waals surface area contributed by atoms with E-state index in [9.17, 15) is 9.18 Å². The molecule has 136 valence electrons. The van der Waals surface area contributed by atoms with Crippen LogP contribution in [0.1, 0.15) is 50.1 Å². The lowest BCUT2D eigenvalue weighted by molar-refractivity contribution is -0.136. The molecule has 1 saturated heterocycles. The summed E-state index contributed by atoms with van der Waals surface area (Å²) in [5.41, 5.74) is 2.59. The molecule has 2 aromatic rings. The van der Waals surface area contributed by atoms with Gasteiger partial charge in [-0.05, 0) is 49.9 Å². The van der Waals surface area contributed by atoms with E-state index >= 15 is 0 Å². The van der Waals surface area contributed by atoms with E-state index in [-0.39, 0.29) is 17.7 Å². The maximum atomic E-state index is 13.3. The molecule has 0 radical (unpaired) electrons. The highest BCUT2D eigenvalue weighted by Gasteiger charge is 2.32. The number of aromatic nitrogens is 2. The minimum absolute atomic E-state index is 0.183. The highest BCUT2D eigenvalue weighted by Crippen LogP contribution is 2.34. The lowest BCUT2D eigenvalue weighted by Gasteiger charge is -2.34. The molecule has 1 aromatic heterocycles. The maximum absolute atomic E-state index is 13.3. The van der Waals surface area contributed by atoms with Crippen LogP contribution in [-0.2, 0) is 4.79 Å². The van der Waals surface area contributed by atoms with Crippen molar-refractivity contribution in [2.24, 2.45) is 5.92 Å². The monoisotopic (exact) mass is 353 g/mol. The molecular formula is C21H24FN3O. The standard InChI is InChI=1S/C21H24FN3O/c22-18-9-7-15(8-10-18)19-20(24-12-11-23-19)17-6-3-13-25(14-17)21(26)16-4-1-2-5-16/h7-12,16-17H,1-6,13-14H2. The van der Waals surface area contributed by atoms with E-state index in [4.69, 9.17) is 0 Å². The molecule has 26 heavy (non-hydrogen) atoms. The minimum Gasteiger partial charge on any atom is -0.342 e. The largest absolute Gasteiger partial charge is 0.342 e. The first-order chi connectivity index (χ1) is 12.7. The summed E-state index contributed by atoms with van der Waals surface area (Å²) >= 11 is 0. The third-order valence-corrected chi connectivity index (χ3v) is 5.67. The topological polar surface area (TPSA) is 46.1 Å². The Morgan fingerprint density at radius 1 is 1.00 bits per heavy atom. The molecule has 1 aliphatic carbocycles. The molecule has 2 aliphatic rings. The van der Waals surface area contributed by atoms with Crippen molar-refractivity contribution in [3.05, 3.63) is 48.2 Å². The predicted molar refractivity (Wildman–Crippen MR) is 97.9 cm³/mol. The molecule has 2 heterocycles. The summed E-state index contributed by atoms with van der Waals surface area (Å²) in [4.78, 5) is 24.0. The van der Waals surface area contributed by atoms with Gasteiger partial charge in [-0.25, -0.2) is 4.39 Å². The van der Waals surface area contributed by atoms with Gasteiger partial charge in [0.1, 0.15) is 5.82 Å². The number of likely N-dealkylation sites (tertiary alicyclic amines) is 1. The van der Waals surface area contributed by atoms with Crippen LogP contribution < -0.4 is 0 Å². The first-order valence-corrected chi connectivity index (χ1v) is 9.58. The van der Waals surface area contributed by atoms with Crippen LogP contribution in [0.25, 0.3) is 11.3 Å². The first-order valence-electron chi connectivity index (χ1n) is 9.58. The van der Waals surface area contributed by atoms with E-state index in [1.807, 2.05) is 4.90 Å². The third-order valence-electron chi connectivity index (χ3n) is 5.67. The van der Waals surface area contributed by atoms with Crippen molar-refractivity contribution < 1.29 is 9.18 Å². The molecule has 0 bridgehead atoms. The van der Waals surface area contributed by atoms with Crippen molar-refractivity contribution in [3.8, 4) is 11.3 Å². The van der Waals surface area contributed by atoms with E-state index in [0.29, 0.717) is 12.5 Å².